The van der Waals surface area contributed by atoms with E-state index in [4.69, 9.17) is 4.74 Å². The quantitative estimate of drug-likeness (QED) is 0.906. The van der Waals surface area contributed by atoms with E-state index in [1.807, 2.05) is 24.4 Å². The van der Waals surface area contributed by atoms with Crippen LogP contribution in [-0.2, 0) is 0 Å². The van der Waals surface area contributed by atoms with Gasteiger partial charge < -0.3 is 15.4 Å². The molecule has 2 N–H and O–H groups in total. The summed E-state index contributed by atoms with van der Waals surface area (Å²) in [6.45, 7) is 5.52. The molecule has 0 bridgehead atoms. The molecule has 1 saturated heterocycles. The highest BCUT2D eigenvalue weighted by atomic mass is 16.5. The van der Waals surface area contributed by atoms with Gasteiger partial charge in [0, 0.05) is 23.5 Å². The summed E-state index contributed by atoms with van der Waals surface area (Å²) in [5.74, 6) is 1.84. The lowest BCUT2D eigenvalue weighted by atomic mass is 9.81. The summed E-state index contributed by atoms with van der Waals surface area (Å²) in [6, 6.07) is 8.10. The first kappa shape index (κ1) is 14.1. The first-order valence-corrected chi connectivity index (χ1v) is 7.58. The minimum Gasteiger partial charge on any atom is -0.496 e. The van der Waals surface area contributed by atoms with Gasteiger partial charge in [0.25, 0.3) is 0 Å². The van der Waals surface area contributed by atoms with Crippen LogP contribution in [0.1, 0.15) is 19.8 Å². The lowest BCUT2D eigenvalue weighted by Gasteiger charge is -2.34. The van der Waals surface area contributed by atoms with Crippen LogP contribution in [0.15, 0.2) is 30.5 Å². The lowest BCUT2D eigenvalue weighted by molar-refractivity contribution is 0.247. The molecule has 112 valence electrons. The van der Waals surface area contributed by atoms with Crippen LogP contribution < -0.4 is 15.4 Å². The number of benzene rings is 1. The van der Waals surface area contributed by atoms with Gasteiger partial charge in [0.1, 0.15) is 11.6 Å². The molecule has 0 saturated carbocycles. The smallest absolute Gasteiger partial charge is 0.133 e. The SMILES string of the molecule is COc1cccc2c(NCC3(C)CCNCC3)nccc12. The van der Waals surface area contributed by atoms with Crippen LogP contribution in [0.2, 0.25) is 0 Å². The number of fused-ring (bicyclic) bond motifs is 1. The Bertz CT molecular complexity index is 620. The molecule has 0 aliphatic carbocycles. The molecule has 1 fully saturated rings. The van der Waals surface area contributed by atoms with Gasteiger partial charge in [0.2, 0.25) is 0 Å². The van der Waals surface area contributed by atoms with Crippen molar-refractivity contribution in [1.29, 1.82) is 0 Å². The van der Waals surface area contributed by atoms with Crippen LogP contribution in [0.5, 0.6) is 5.75 Å². The normalized spacial score (nSPS) is 17.6. The minimum absolute atomic E-state index is 0.341. The second-order valence-corrected chi connectivity index (χ2v) is 6.13. The van der Waals surface area contributed by atoms with E-state index in [2.05, 4.69) is 28.6 Å². The Morgan fingerprint density at radius 2 is 2.05 bits per heavy atom. The van der Waals surface area contributed by atoms with E-state index < -0.39 is 0 Å². The second-order valence-electron chi connectivity index (χ2n) is 6.13. The zero-order valence-corrected chi connectivity index (χ0v) is 12.8. The maximum atomic E-state index is 5.43. The summed E-state index contributed by atoms with van der Waals surface area (Å²) in [5, 5.41) is 9.20. The standard InChI is InChI=1S/C17H23N3O/c1-17(7-10-18-11-8-17)12-20-16-14-4-3-5-15(21-2)13(14)6-9-19-16/h3-6,9,18H,7-8,10-12H2,1-2H3,(H,19,20). The van der Waals surface area contributed by atoms with Crippen LogP contribution in [-0.4, -0.2) is 31.7 Å². The van der Waals surface area contributed by atoms with Crippen molar-refractivity contribution in [3.8, 4) is 5.75 Å². The number of nitrogens with one attached hydrogen (secondary N) is 2. The van der Waals surface area contributed by atoms with Gasteiger partial charge in [-0.2, -0.15) is 0 Å². The van der Waals surface area contributed by atoms with E-state index in [1.54, 1.807) is 7.11 Å². The third-order valence-corrected chi connectivity index (χ3v) is 4.48. The number of anilines is 1. The summed E-state index contributed by atoms with van der Waals surface area (Å²) in [5.41, 5.74) is 0.341. The fraction of sp³-hybridized carbons (Fsp3) is 0.471. The van der Waals surface area contributed by atoms with Gasteiger partial charge in [-0.3, -0.25) is 0 Å². The Hall–Kier alpha value is -1.81. The first-order valence-electron chi connectivity index (χ1n) is 7.58. The van der Waals surface area contributed by atoms with Crippen molar-refractivity contribution in [2.24, 2.45) is 5.41 Å². The average Bonchev–Trinajstić information content (AvgIpc) is 2.53. The van der Waals surface area contributed by atoms with E-state index in [-0.39, 0.29) is 0 Å². The molecule has 1 aromatic carbocycles. The molecule has 0 atom stereocenters. The highest BCUT2D eigenvalue weighted by Crippen LogP contribution is 2.31. The largest absolute Gasteiger partial charge is 0.496 e. The first-order chi connectivity index (χ1) is 10.2. The van der Waals surface area contributed by atoms with Crippen LogP contribution in [0, 0.1) is 5.41 Å². The lowest BCUT2D eigenvalue weighted by Crippen LogP contribution is -2.39. The van der Waals surface area contributed by atoms with Crippen LogP contribution in [0.3, 0.4) is 0 Å². The number of aromatic nitrogens is 1. The van der Waals surface area contributed by atoms with Gasteiger partial charge >= 0.3 is 0 Å². The second kappa shape index (κ2) is 5.90. The minimum atomic E-state index is 0.341. The predicted octanol–water partition coefficient (Wildman–Crippen LogP) is 3.05. The van der Waals surface area contributed by atoms with Crippen molar-refractivity contribution in [2.75, 3.05) is 32.1 Å². The van der Waals surface area contributed by atoms with Gasteiger partial charge in [-0.25, -0.2) is 4.98 Å². The molecule has 4 nitrogen and oxygen atoms in total. The van der Waals surface area contributed by atoms with E-state index in [9.17, 15) is 0 Å². The monoisotopic (exact) mass is 285 g/mol. The van der Waals surface area contributed by atoms with Crippen molar-refractivity contribution in [3.05, 3.63) is 30.5 Å². The summed E-state index contributed by atoms with van der Waals surface area (Å²) in [4.78, 5) is 4.52. The van der Waals surface area contributed by atoms with Crippen LogP contribution >= 0.6 is 0 Å². The van der Waals surface area contributed by atoms with E-state index in [0.29, 0.717) is 5.41 Å². The number of rotatable bonds is 4. The fourth-order valence-corrected chi connectivity index (χ4v) is 3.00. The van der Waals surface area contributed by atoms with E-state index in [1.165, 1.54) is 12.8 Å². The molecule has 0 unspecified atom stereocenters. The summed E-state index contributed by atoms with van der Waals surface area (Å²) >= 11 is 0. The molecule has 2 heterocycles. The number of nitrogens with zero attached hydrogens (tertiary/aromatic N) is 1. The van der Waals surface area contributed by atoms with Crippen molar-refractivity contribution in [3.63, 3.8) is 0 Å². The molecule has 1 aliphatic rings. The van der Waals surface area contributed by atoms with Crippen molar-refractivity contribution in [2.45, 2.75) is 19.8 Å². The molecule has 4 heteroatoms. The summed E-state index contributed by atoms with van der Waals surface area (Å²) in [7, 11) is 1.71. The molecular weight excluding hydrogens is 262 g/mol. The Morgan fingerprint density at radius 3 is 2.81 bits per heavy atom. The molecule has 3 rings (SSSR count). The molecule has 0 spiro atoms. The van der Waals surface area contributed by atoms with Crippen molar-refractivity contribution in [1.82, 2.24) is 10.3 Å². The van der Waals surface area contributed by atoms with Crippen molar-refractivity contribution >= 4 is 16.6 Å². The predicted molar refractivity (Wildman–Crippen MR) is 87.0 cm³/mol. The highest BCUT2D eigenvalue weighted by Gasteiger charge is 2.26. The van der Waals surface area contributed by atoms with Crippen molar-refractivity contribution < 1.29 is 4.74 Å². The molecule has 0 radical (unpaired) electrons. The molecule has 1 aromatic heterocycles. The average molecular weight is 285 g/mol. The van der Waals surface area contributed by atoms with Crippen LogP contribution in [0.4, 0.5) is 5.82 Å². The summed E-state index contributed by atoms with van der Waals surface area (Å²) < 4.78 is 5.43. The maximum absolute atomic E-state index is 5.43. The van der Waals surface area contributed by atoms with Gasteiger partial charge in [-0.05, 0) is 43.5 Å². The number of ether oxygens (including phenoxy) is 1. The summed E-state index contributed by atoms with van der Waals surface area (Å²) in [6.07, 6.45) is 4.25. The Kier molecular flexibility index (Phi) is 3.97. The molecular formula is C17H23N3O. The number of hydrogen-bond acceptors (Lipinski definition) is 4. The topological polar surface area (TPSA) is 46.2 Å². The maximum Gasteiger partial charge on any atom is 0.133 e. The van der Waals surface area contributed by atoms with Crippen LogP contribution in [0.25, 0.3) is 10.8 Å². The Morgan fingerprint density at radius 1 is 1.24 bits per heavy atom. The molecule has 1 aliphatic heterocycles. The third kappa shape index (κ3) is 2.95. The highest BCUT2D eigenvalue weighted by molar-refractivity contribution is 5.95. The number of hydrogen-bond donors (Lipinski definition) is 2. The fourth-order valence-electron chi connectivity index (χ4n) is 3.00. The number of methoxy groups -OCH3 is 1. The Labute approximate surface area is 125 Å². The Balaban J connectivity index is 1.84. The van der Waals surface area contributed by atoms with Gasteiger partial charge in [-0.1, -0.05) is 19.1 Å². The van der Waals surface area contributed by atoms with Gasteiger partial charge in [0.15, 0.2) is 0 Å². The van der Waals surface area contributed by atoms with E-state index >= 15 is 0 Å². The molecule has 2 aromatic rings. The van der Waals surface area contributed by atoms with E-state index in [0.717, 1.165) is 42.0 Å². The number of pyridine rings is 1. The van der Waals surface area contributed by atoms with Gasteiger partial charge in [-0.15, -0.1) is 0 Å². The zero-order valence-electron chi connectivity index (χ0n) is 12.8. The number of piperidine rings is 1. The third-order valence-electron chi connectivity index (χ3n) is 4.48. The molecule has 21 heavy (non-hydrogen) atoms. The van der Waals surface area contributed by atoms with Gasteiger partial charge in [0.05, 0.1) is 7.11 Å². The zero-order chi connectivity index (χ0) is 14.7. The molecule has 0 amide bonds.